The van der Waals surface area contributed by atoms with Crippen LogP contribution >= 0.6 is 12.4 Å². The van der Waals surface area contributed by atoms with Crippen LogP contribution in [-0.4, -0.2) is 28.8 Å². The van der Waals surface area contributed by atoms with Crippen molar-refractivity contribution in [1.82, 2.24) is 20.4 Å². The first-order valence-corrected chi connectivity index (χ1v) is 9.49. The van der Waals surface area contributed by atoms with E-state index >= 15 is 0 Å². The van der Waals surface area contributed by atoms with E-state index in [0.717, 1.165) is 30.8 Å². The average Bonchev–Trinajstić information content (AvgIpc) is 3.17. The van der Waals surface area contributed by atoms with E-state index in [-0.39, 0.29) is 24.4 Å². The highest BCUT2D eigenvalue weighted by molar-refractivity contribution is 5.95. The Balaban J connectivity index is 0.00000225. The Bertz CT molecular complexity index is 939. The second kappa shape index (κ2) is 9.04. The molecule has 0 bridgehead atoms. The highest BCUT2D eigenvalue weighted by atomic mass is 35.5. The van der Waals surface area contributed by atoms with Gasteiger partial charge in [-0.3, -0.25) is 4.79 Å². The topological polar surface area (TPSA) is 59.0 Å². The first-order chi connectivity index (χ1) is 13.3. The number of hydrogen-bond donors (Lipinski definition) is 2. The number of aromatic nitrogens is 2. The molecule has 0 spiro atoms. The highest BCUT2D eigenvalue weighted by Crippen LogP contribution is 2.22. The summed E-state index contributed by atoms with van der Waals surface area (Å²) >= 11 is 0. The fourth-order valence-corrected chi connectivity index (χ4v) is 3.76. The molecule has 28 heavy (non-hydrogen) atoms. The Morgan fingerprint density at radius 2 is 1.93 bits per heavy atom. The SMILES string of the molecule is CCc1c(C(=O)NCC2NCCc3ccccc32)cnn1-c1ccccc1.Cl. The van der Waals surface area contributed by atoms with Crippen LogP contribution in [0.5, 0.6) is 0 Å². The first kappa shape index (κ1) is 20.1. The van der Waals surface area contributed by atoms with E-state index in [9.17, 15) is 4.79 Å². The maximum atomic E-state index is 12.8. The molecule has 2 heterocycles. The smallest absolute Gasteiger partial charge is 0.254 e. The van der Waals surface area contributed by atoms with Crippen molar-refractivity contribution in [3.63, 3.8) is 0 Å². The van der Waals surface area contributed by atoms with Crippen LogP contribution in [0.3, 0.4) is 0 Å². The minimum Gasteiger partial charge on any atom is -0.350 e. The summed E-state index contributed by atoms with van der Waals surface area (Å²) in [5, 5.41) is 11.0. The predicted molar refractivity (Wildman–Crippen MR) is 113 cm³/mol. The quantitative estimate of drug-likeness (QED) is 0.694. The molecule has 4 rings (SSSR count). The Hall–Kier alpha value is -2.63. The fraction of sp³-hybridized carbons (Fsp3) is 0.273. The van der Waals surface area contributed by atoms with Crippen LogP contribution in [0.2, 0.25) is 0 Å². The Morgan fingerprint density at radius 1 is 1.18 bits per heavy atom. The van der Waals surface area contributed by atoms with Crippen LogP contribution in [0.1, 0.15) is 40.1 Å². The third kappa shape index (κ3) is 3.96. The van der Waals surface area contributed by atoms with Crippen LogP contribution in [0.4, 0.5) is 0 Å². The molecule has 2 N–H and O–H groups in total. The lowest BCUT2D eigenvalue weighted by atomic mass is 9.94. The van der Waals surface area contributed by atoms with Crippen LogP contribution in [0.25, 0.3) is 5.69 Å². The van der Waals surface area contributed by atoms with Gasteiger partial charge in [0.15, 0.2) is 0 Å². The van der Waals surface area contributed by atoms with Crippen molar-refractivity contribution in [2.45, 2.75) is 25.8 Å². The zero-order chi connectivity index (χ0) is 18.6. The van der Waals surface area contributed by atoms with Gasteiger partial charge in [-0.25, -0.2) is 4.68 Å². The maximum absolute atomic E-state index is 12.8. The zero-order valence-electron chi connectivity index (χ0n) is 15.9. The van der Waals surface area contributed by atoms with E-state index in [4.69, 9.17) is 0 Å². The summed E-state index contributed by atoms with van der Waals surface area (Å²) < 4.78 is 1.85. The van der Waals surface area contributed by atoms with E-state index in [0.29, 0.717) is 12.1 Å². The molecule has 1 aromatic heterocycles. The first-order valence-electron chi connectivity index (χ1n) is 9.49. The lowest BCUT2D eigenvalue weighted by Gasteiger charge is -2.27. The number of amides is 1. The molecule has 3 aromatic rings. The minimum absolute atomic E-state index is 0. The van der Waals surface area contributed by atoms with Crippen molar-refractivity contribution in [2.24, 2.45) is 0 Å². The standard InChI is InChI=1S/C22H24N4O.ClH/c1-2-21-19(14-25-26(21)17-9-4-3-5-10-17)22(27)24-15-20-18-11-7-6-8-16(18)12-13-23-20;/h3-11,14,20,23H,2,12-13,15H2,1H3,(H,24,27);1H. The number of benzene rings is 2. The molecule has 1 aliphatic rings. The molecular weight excluding hydrogens is 372 g/mol. The van der Waals surface area contributed by atoms with Crippen molar-refractivity contribution in [1.29, 1.82) is 0 Å². The maximum Gasteiger partial charge on any atom is 0.254 e. The number of nitrogens with one attached hydrogen (secondary N) is 2. The van der Waals surface area contributed by atoms with E-state index in [1.807, 2.05) is 41.9 Å². The molecule has 0 aliphatic carbocycles. The minimum atomic E-state index is -0.0705. The van der Waals surface area contributed by atoms with Crippen molar-refractivity contribution in [3.05, 3.63) is 83.2 Å². The van der Waals surface area contributed by atoms with Crippen molar-refractivity contribution in [3.8, 4) is 5.69 Å². The van der Waals surface area contributed by atoms with Gasteiger partial charge < -0.3 is 10.6 Å². The van der Waals surface area contributed by atoms with Gasteiger partial charge in [0, 0.05) is 12.6 Å². The van der Waals surface area contributed by atoms with Gasteiger partial charge in [0.1, 0.15) is 0 Å². The molecule has 6 heteroatoms. The number of halogens is 1. The molecule has 0 radical (unpaired) electrons. The molecule has 1 aliphatic heterocycles. The Labute approximate surface area is 171 Å². The molecule has 5 nitrogen and oxygen atoms in total. The largest absolute Gasteiger partial charge is 0.350 e. The van der Waals surface area contributed by atoms with Crippen molar-refractivity contribution < 1.29 is 4.79 Å². The van der Waals surface area contributed by atoms with Gasteiger partial charge in [0.05, 0.1) is 23.1 Å². The summed E-state index contributed by atoms with van der Waals surface area (Å²) in [5.74, 6) is -0.0705. The summed E-state index contributed by atoms with van der Waals surface area (Å²) in [4.78, 5) is 12.8. The summed E-state index contributed by atoms with van der Waals surface area (Å²) in [5.41, 5.74) is 5.18. The number of rotatable bonds is 5. The third-order valence-corrected chi connectivity index (χ3v) is 5.13. The summed E-state index contributed by atoms with van der Waals surface area (Å²) in [6.07, 6.45) is 3.44. The van der Waals surface area contributed by atoms with Gasteiger partial charge in [-0.15, -0.1) is 12.4 Å². The van der Waals surface area contributed by atoms with Gasteiger partial charge >= 0.3 is 0 Å². The van der Waals surface area contributed by atoms with Gasteiger partial charge in [-0.05, 0) is 42.6 Å². The molecule has 0 saturated heterocycles. The van der Waals surface area contributed by atoms with Gasteiger partial charge in [-0.2, -0.15) is 5.10 Å². The van der Waals surface area contributed by atoms with E-state index in [1.165, 1.54) is 11.1 Å². The Morgan fingerprint density at radius 3 is 2.71 bits per heavy atom. The molecule has 1 unspecified atom stereocenters. The Kier molecular flexibility index (Phi) is 6.49. The average molecular weight is 397 g/mol. The summed E-state index contributed by atoms with van der Waals surface area (Å²) in [6.45, 7) is 3.55. The molecule has 1 amide bonds. The predicted octanol–water partition coefficient (Wildman–Crippen LogP) is 3.47. The zero-order valence-corrected chi connectivity index (χ0v) is 16.7. The van der Waals surface area contributed by atoms with E-state index in [1.54, 1.807) is 6.20 Å². The van der Waals surface area contributed by atoms with Crippen molar-refractivity contribution in [2.75, 3.05) is 13.1 Å². The number of carbonyl (C=O) groups is 1. The van der Waals surface area contributed by atoms with E-state index < -0.39 is 0 Å². The molecule has 1 atom stereocenters. The second-order valence-electron chi connectivity index (χ2n) is 6.77. The van der Waals surface area contributed by atoms with Gasteiger partial charge in [0.2, 0.25) is 0 Å². The molecule has 2 aromatic carbocycles. The molecule has 146 valence electrons. The third-order valence-electron chi connectivity index (χ3n) is 5.13. The summed E-state index contributed by atoms with van der Waals surface area (Å²) in [7, 11) is 0. The van der Waals surface area contributed by atoms with Gasteiger partial charge in [-0.1, -0.05) is 49.4 Å². The molecule has 0 saturated carbocycles. The normalized spacial score (nSPS) is 15.4. The van der Waals surface area contributed by atoms with Crippen LogP contribution in [-0.2, 0) is 12.8 Å². The van der Waals surface area contributed by atoms with Crippen molar-refractivity contribution >= 4 is 18.3 Å². The molecular formula is C22H25ClN4O. The molecule has 0 fully saturated rings. The number of carbonyl (C=O) groups excluding carboxylic acids is 1. The monoisotopic (exact) mass is 396 g/mol. The fourth-order valence-electron chi connectivity index (χ4n) is 3.76. The van der Waals surface area contributed by atoms with Crippen LogP contribution in [0, 0.1) is 0 Å². The lowest BCUT2D eigenvalue weighted by Crippen LogP contribution is -2.39. The number of fused-ring (bicyclic) bond motifs is 1. The number of para-hydroxylation sites is 1. The summed E-state index contributed by atoms with van der Waals surface area (Å²) in [6, 6.07) is 18.5. The highest BCUT2D eigenvalue weighted by Gasteiger charge is 2.22. The number of nitrogens with zero attached hydrogens (tertiary/aromatic N) is 2. The number of hydrogen-bond acceptors (Lipinski definition) is 3. The van der Waals surface area contributed by atoms with Gasteiger partial charge in [0.25, 0.3) is 5.91 Å². The van der Waals surface area contributed by atoms with Crippen LogP contribution in [0.15, 0.2) is 60.8 Å². The lowest BCUT2D eigenvalue weighted by molar-refractivity contribution is 0.0948. The second-order valence-corrected chi connectivity index (χ2v) is 6.77. The van der Waals surface area contributed by atoms with E-state index in [2.05, 4.69) is 40.0 Å². The van der Waals surface area contributed by atoms with Crippen LogP contribution < -0.4 is 10.6 Å².